The van der Waals surface area contributed by atoms with E-state index in [1.165, 1.54) is 0 Å². The van der Waals surface area contributed by atoms with Gasteiger partial charge < -0.3 is 4.52 Å². The molecule has 0 amide bonds. The van der Waals surface area contributed by atoms with Crippen LogP contribution in [0.2, 0.25) is 0 Å². The smallest absolute Gasteiger partial charge is 0.161 e. The Morgan fingerprint density at radius 1 is 1.67 bits per heavy atom. The maximum Gasteiger partial charge on any atom is 0.161 e. The van der Waals surface area contributed by atoms with Gasteiger partial charge in [-0.15, -0.1) is 0 Å². The standard InChI is InChI=1S/C5H5Br2NO/c1-3-5(7)4(2-6)9-8-3/h2H2,1H3. The van der Waals surface area contributed by atoms with Crippen LogP contribution in [-0.2, 0) is 5.33 Å². The normalized spacial score (nSPS) is 10.1. The first-order chi connectivity index (χ1) is 4.25. The first kappa shape index (κ1) is 7.28. The minimum absolute atomic E-state index is 0.703. The molecule has 4 heteroatoms. The van der Waals surface area contributed by atoms with Crippen LogP contribution >= 0.6 is 31.9 Å². The van der Waals surface area contributed by atoms with Crippen molar-refractivity contribution in [2.45, 2.75) is 12.3 Å². The van der Waals surface area contributed by atoms with Gasteiger partial charge in [-0.25, -0.2) is 0 Å². The summed E-state index contributed by atoms with van der Waals surface area (Å²) < 4.78 is 5.86. The quantitative estimate of drug-likeness (QED) is 0.721. The highest BCUT2D eigenvalue weighted by Crippen LogP contribution is 2.21. The summed E-state index contributed by atoms with van der Waals surface area (Å²) in [7, 11) is 0. The molecule has 1 aromatic rings. The Morgan fingerprint density at radius 3 is 2.56 bits per heavy atom. The van der Waals surface area contributed by atoms with Gasteiger partial charge in [-0.1, -0.05) is 21.1 Å². The number of alkyl halides is 1. The van der Waals surface area contributed by atoms with Crippen LogP contribution in [0.3, 0.4) is 0 Å². The summed E-state index contributed by atoms with van der Waals surface area (Å²) >= 11 is 6.58. The lowest BCUT2D eigenvalue weighted by atomic mass is 10.4. The van der Waals surface area contributed by atoms with Crippen molar-refractivity contribution >= 4 is 31.9 Å². The number of halogens is 2. The molecule has 1 aromatic heterocycles. The first-order valence-electron chi connectivity index (χ1n) is 2.42. The molecule has 0 saturated heterocycles. The second-order valence-corrected chi connectivity index (χ2v) is 2.99. The van der Waals surface area contributed by atoms with E-state index in [2.05, 4.69) is 37.0 Å². The van der Waals surface area contributed by atoms with Crippen molar-refractivity contribution in [1.82, 2.24) is 5.16 Å². The minimum atomic E-state index is 0.703. The molecule has 0 aliphatic carbocycles. The van der Waals surface area contributed by atoms with Crippen molar-refractivity contribution in [3.63, 3.8) is 0 Å². The van der Waals surface area contributed by atoms with Crippen molar-refractivity contribution in [1.29, 1.82) is 0 Å². The molecule has 0 saturated carbocycles. The lowest BCUT2D eigenvalue weighted by molar-refractivity contribution is 0.391. The van der Waals surface area contributed by atoms with Gasteiger partial charge in [0.05, 0.1) is 15.5 Å². The second-order valence-electron chi connectivity index (χ2n) is 1.64. The molecule has 0 unspecified atom stereocenters. The van der Waals surface area contributed by atoms with Gasteiger partial charge in [0.25, 0.3) is 0 Å². The van der Waals surface area contributed by atoms with Crippen molar-refractivity contribution in [2.24, 2.45) is 0 Å². The zero-order chi connectivity index (χ0) is 6.85. The summed E-state index contributed by atoms with van der Waals surface area (Å²) in [6.45, 7) is 1.89. The molecule has 0 atom stereocenters. The van der Waals surface area contributed by atoms with Crippen molar-refractivity contribution < 1.29 is 4.52 Å². The highest BCUT2D eigenvalue weighted by Gasteiger charge is 2.06. The fourth-order valence-electron chi connectivity index (χ4n) is 0.489. The molecule has 0 N–H and O–H groups in total. The molecule has 9 heavy (non-hydrogen) atoms. The van der Waals surface area contributed by atoms with Crippen molar-refractivity contribution in [2.75, 3.05) is 0 Å². The number of nitrogens with zero attached hydrogens (tertiary/aromatic N) is 1. The molecule has 2 nitrogen and oxygen atoms in total. The Morgan fingerprint density at radius 2 is 2.33 bits per heavy atom. The van der Waals surface area contributed by atoms with E-state index in [0.29, 0.717) is 5.33 Å². The average Bonchev–Trinajstić information content (AvgIpc) is 2.15. The number of rotatable bonds is 1. The van der Waals surface area contributed by atoms with Gasteiger partial charge in [-0.3, -0.25) is 0 Å². The third-order valence-electron chi connectivity index (χ3n) is 0.977. The Hall–Kier alpha value is 0.170. The monoisotopic (exact) mass is 253 g/mol. The third kappa shape index (κ3) is 1.35. The molecule has 0 fully saturated rings. The fourth-order valence-corrected chi connectivity index (χ4v) is 1.53. The van der Waals surface area contributed by atoms with Crippen LogP contribution in [-0.4, -0.2) is 5.16 Å². The Balaban J connectivity index is 3.04. The van der Waals surface area contributed by atoms with Crippen molar-refractivity contribution in [3.05, 3.63) is 15.9 Å². The summed E-state index contributed by atoms with van der Waals surface area (Å²) in [5.74, 6) is 0.840. The van der Waals surface area contributed by atoms with Crippen molar-refractivity contribution in [3.8, 4) is 0 Å². The summed E-state index contributed by atoms with van der Waals surface area (Å²) in [6, 6.07) is 0. The molecular formula is C5H5Br2NO. The van der Waals surface area contributed by atoms with E-state index in [9.17, 15) is 0 Å². The number of hydrogen-bond donors (Lipinski definition) is 0. The van der Waals surface area contributed by atoms with Gasteiger partial charge in [0.2, 0.25) is 0 Å². The average molecular weight is 255 g/mol. The molecule has 50 valence electrons. The van der Waals surface area contributed by atoms with Crippen LogP contribution in [0, 0.1) is 6.92 Å². The van der Waals surface area contributed by atoms with E-state index in [-0.39, 0.29) is 0 Å². The molecule has 0 aliphatic heterocycles. The highest BCUT2D eigenvalue weighted by molar-refractivity contribution is 9.10. The molecular weight excluding hydrogens is 250 g/mol. The van der Waals surface area contributed by atoms with E-state index in [0.717, 1.165) is 15.9 Å². The minimum Gasteiger partial charge on any atom is -0.359 e. The lowest BCUT2D eigenvalue weighted by Gasteiger charge is -1.83. The number of aryl methyl sites for hydroxylation is 1. The topological polar surface area (TPSA) is 26.0 Å². The molecule has 0 aromatic carbocycles. The fraction of sp³-hybridized carbons (Fsp3) is 0.400. The summed E-state index contributed by atoms with van der Waals surface area (Å²) in [4.78, 5) is 0. The Kier molecular flexibility index (Phi) is 2.29. The SMILES string of the molecule is Cc1noc(CBr)c1Br. The van der Waals surface area contributed by atoms with Crippen LogP contribution in [0.4, 0.5) is 0 Å². The number of hydrogen-bond acceptors (Lipinski definition) is 2. The number of aromatic nitrogens is 1. The zero-order valence-corrected chi connectivity index (χ0v) is 7.99. The predicted molar refractivity (Wildman–Crippen MR) is 41.6 cm³/mol. The Bertz CT molecular complexity index is 209. The largest absolute Gasteiger partial charge is 0.359 e. The van der Waals surface area contributed by atoms with Gasteiger partial charge in [0, 0.05) is 0 Å². The summed E-state index contributed by atoms with van der Waals surface area (Å²) in [6.07, 6.45) is 0. The highest BCUT2D eigenvalue weighted by atomic mass is 79.9. The molecule has 0 bridgehead atoms. The predicted octanol–water partition coefficient (Wildman–Crippen LogP) is 2.64. The van der Waals surface area contributed by atoms with Crippen LogP contribution < -0.4 is 0 Å². The zero-order valence-electron chi connectivity index (χ0n) is 4.82. The van der Waals surface area contributed by atoms with Gasteiger partial charge in [0.15, 0.2) is 5.76 Å². The van der Waals surface area contributed by atoms with Gasteiger partial charge in [-0.05, 0) is 22.9 Å². The van der Waals surface area contributed by atoms with Crippen LogP contribution in [0.15, 0.2) is 9.00 Å². The summed E-state index contributed by atoms with van der Waals surface area (Å²) in [5.41, 5.74) is 0.893. The van der Waals surface area contributed by atoms with E-state index < -0.39 is 0 Å². The van der Waals surface area contributed by atoms with E-state index in [4.69, 9.17) is 4.52 Å². The van der Waals surface area contributed by atoms with Crippen LogP contribution in [0.25, 0.3) is 0 Å². The van der Waals surface area contributed by atoms with Crippen LogP contribution in [0.5, 0.6) is 0 Å². The maximum absolute atomic E-state index is 4.90. The molecule has 1 rings (SSSR count). The van der Waals surface area contributed by atoms with E-state index in [1.54, 1.807) is 0 Å². The van der Waals surface area contributed by atoms with Gasteiger partial charge in [-0.2, -0.15) is 0 Å². The molecule has 0 spiro atoms. The van der Waals surface area contributed by atoms with Gasteiger partial charge >= 0.3 is 0 Å². The molecule has 1 heterocycles. The van der Waals surface area contributed by atoms with E-state index >= 15 is 0 Å². The van der Waals surface area contributed by atoms with E-state index in [1.807, 2.05) is 6.92 Å². The maximum atomic E-state index is 4.90. The molecule has 0 aliphatic rings. The summed E-state index contributed by atoms with van der Waals surface area (Å²) in [5, 5.41) is 4.44. The van der Waals surface area contributed by atoms with Crippen LogP contribution in [0.1, 0.15) is 11.5 Å². The van der Waals surface area contributed by atoms with Gasteiger partial charge in [0.1, 0.15) is 0 Å². The third-order valence-corrected chi connectivity index (χ3v) is 2.50. The molecule has 0 radical (unpaired) electrons. The first-order valence-corrected chi connectivity index (χ1v) is 4.33. The Labute approximate surface area is 69.9 Å². The lowest BCUT2D eigenvalue weighted by Crippen LogP contribution is -1.70. The second kappa shape index (κ2) is 2.84.